The smallest absolute Gasteiger partial charge is 0.320 e. The summed E-state index contributed by atoms with van der Waals surface area (Å²) >= 11 is 0. The van der Waals surface area contributed by atoms with Gasteiger partial charge in [-0.15, -0.1) is 0 Å². The van der Waals surface area contributed by atoms with Gasteiger partial charge in [-0.1, -0.05) is 6.92 Å². The summed E-state index contributed by atoms with van der Waals surface area (Å²) < 4.78 is 4.88. The van der Waals surface area contributed by atoms with Gasteiger partial charge in [0, 0.05) is 13.1 Å². The average Bonchev–Trinajstić information content (AvgIpc) is 2.46. The quantitative estimate of drug-likeness (QED) is 0.645. The maximum Gasteiger partial charge on any atom is 0.320 e. The summed E-state index contributed by atoms with van der Waals surface area (Å²) in [5.41, 5.74) is 5.31. The fraction of sp³-hybridized carbons (Fsp3) is 0.786. The van der Waals surface area contributed by atoms with Gasteiger partial charge in [-0.3, -0.25) is 19.3 Å². The molecule has 2 amide bonds. The zero-order valence-corrected chi connectivity index (χ0v) is 12.8. The molecule has 0 saturated carbocycles. The van der Waals surface area contributed by atoms with E-state index < -0.39 is 0 Å². The molecule has 120 valence electrons. The maximum atomic E-state index is 12.3. The van der Waals surface area contributed by atoms with Gasteiger partial charge >= 0.3 is 5.97 Å². The van der Waals surface area contributed by atoms with E-state index in [1.165, 1.54) is 0 Å². The van der Waals surface area contributed by atoms with Gasteiger partial charge in [0.2, 0.25) is 11.8 Å². The first-order valence-electron chi connectivity index (χ1n) is 7.43. The van der Waals surface area contributed by atoms with Crippen LogP contribution < -0.4 is 5.73 Å². The van der Waals surface area contributed by atoms with Gasteiger partial charge in [0.15, 0.2) is 0 Å². The van der Waals surface area contributed by atoms with E-state index in [9.17, 15) is 14.4 Å². The number of carbonyl (C=O) groups excluding carboxylic acids is 3. The first-order chi connectivity index (χ1) is 9.97. The summed E-state index contributed by atoms with van der Waals surface area (Å²) in [5.74, 6) is -1.03. The van der Waals surface area contributed by atoms with Crippen molar-refractivity contribution in [1.29, 1.82) is 0 Å². The molecule has 1 heterocycles. The molecule has 1 fully saturated rings. The molecule has 2 N–H and O–H groups in total. The summed E-state index contributed by atoms with van der Waals surface area (Å²) in [6, 6.07) is 0. The molecule has 0 radical (unpaired) electrons. The standard InChI is InChI=1S/C14H25N3O4/c1-3-16(10-13(19)21-4-2)9-12(18)17-7-5-6-11(8-17)14(15)20/h11H,3-10H2,1-2H3,(H2,15,20). The molecule has 0 aromatic heterocycles. The molecule has 1 atom stereocenters. The van der Waals surface area contributed by atoms with Crippen LogP contribution in [0.5, 0.6) is 0 Å². The van der Waals surface area contributed by atoms with Gasteiger partial charge in [0.05, 0.1) is 25.6 Å². The largest absolute Gasteiger partial charge is 0.465 e. The number of carbonyl (C=O) groups is 3. The van der Waals surface area contributed by atoms with E-state index in [0.717, 1.165) is 12.8 Å². The van der Waals surface area contributed by atoms with Gasteiger partial charge in [-0.25, -0.2) is 0 Å². The molecular formula is C14H25N3O4. The number of likely N-dealkylation sites (tertiary alicyclic amines) is 1. The van der Waals surface area contributed by atoms with Crippen molar-refractivity contribution >= 4 is 17.8 Å². The number of esters is 1. The number of piperidine rings is 1. The Hall–Kier alpha value is -1.63. The Balaban J connectivity index is 2.49. The molecule has 0 aromatic rings. The minimum Gasteiger partial charge on any atom is -0.465 e. The highest BCUT2D eigenvalue weighted by Crippen LogP contribution is 2.16. The molecule has 7 heteroatoms. The van der Waals surface area contributed by atoms with Crippen molar-refractivity contribution in [2.75, 3.05) is 39.3 Å². The molecule has 0 bridgehead atoms. The Morgan fingerprint density at radius 2 is 2.00 bits per heavy atom. The second kappa shape index (κ2) is 8.61. The van der Waals surface area contributed by atoms with E-state index in [1.54, 1.807) is 16.7 Å². The Morgan fingerprint density at radius 1 is 1.29 bits per heavy atom. The van der Waals surface area contributed by atoms with Gasteiger partial charge < -0.3 is 15.4 Å². The summed E-state index contributed by atoms with van der Waals surface area (Å²) in [6.07, 6.45) is 1.52. The summed E-state index contributed by atoms with van der Waals surface area (Å²) in [7, 11) is 0. The van der Waals surface area contributed by atoms with E-state index in [4.69, 9.17) is 10.5 Å². The molecular weight excluding hydrogens is 274 g/mol. The second-order valence-corrected chi connectivity index (χ2v) is 5.19. The molecule has 1 aliphatic rings. The molecule has 0 spiro atoms. The number of hydrogen-bond acceptors (Lipinski definition) is 5. The van der Waals surface area contributed by atoms with Crippen LogP contribution in [0.2, 0.25) is 0 Å². The number of nitrogens with zero attached hydrogens (tertiary/aromatic N) is 2. The van der Waals surface area contributed by atoms with Crippen LogP contribution >= 0.6 is 0 Å². The van der Waals surface area contributed by atoms with Gasteiger partial charge in [0.25, 0.3) is 0 Å². The van der Waals surface area contributed by atoms with Crippen LogP contribution in [-0.2, 0) is 19.1 Å². The van der Waals surface area contributed by atoms with Crippen LogP contribution in [0.4, 0.5) is 0 Å². The number of rotatable bonds is 7. The molecule has 1 saturated heterocycles. The van der Waals surface area contributed by atoms with Crippen LogP contribution in [0.3, 0.4) is 0 Å². The highest BCUT2D eigenvalue weighted by atomic mass is 16.5. The van der Waals surface area contributed by atoms with Gasteiger partial charge in [0.1, 0.15) is 0 Å². The van der Waals surface area contributed by atoms with Crippen molar-refractivity contribution in [3.05, 3.63) is 0 Å². The molecule has 21 heavy (non-hydrogen) atoms. The third-order valence-corrected chi connectivity index (χ3v) is 3.64. The summed E-state index contributed by atoms with van der Waals surface area (Å²) in [4.78, 5) is 38.3. The van der Waals surface area contributed by atoms with E-state index in [1.807, 2.05) is 6.92 Å². The van der Waals surface area contributed by atoms with Crippen LogP contribution in [0, 0.1) is 5.92 Å². The van der Waals surface area contributed by atoms with Crippen molar-refractivity contribution in [2.24, 2.45) is 11.7 Å². The third-order valence-electron chi connectivity index (χ3n) is 3.64. The lowest BCUT2D eigenvalue weighted by atomic mass is 9.97. The SMILES string of the molecule is CCOC(=O)CN(CC)CC(=O)N1CCCC(C(N)=O)C1. The third kappa shape index (κ3) is 5.71. The highest BCUT2D eigenvalue weighted by Gasteiger charge is 2.27. The Kier molecular flexibility index (Phi) is 7.14. The lowest BCUT2D eigenvalue weighted by molar-refractivity contribution is -0.145. The number of amides is 2. The predicted molar refractivity (Wildman–Crippen MR) is 77.2 cm³/mol. The topological polar surface area (TPSA) is 92.9 Å². The Labute approximate surface area is 125 Å². The van der Waals surface area contributed by atoms with E-state index in [2.05, 4.69) is 0 Å². The van der Waals surface area contributed by atoms with E-state index in [0.29, 0.717) is 26.2 Å². The van der Waals surface area contributed by atoms with Crippen molar-refractivity contribution in [1.82, 2.24) is 9.80 Å². The number of ether oxygens (including phenoxy) is 1. The second-order valence-electron chi connectivity index (χ2n) is 5.19. The minimum atomic E-state index is -0.355. The maximum absolute atomic E-state index is 12.3. The fourth-order valence-corrected chi connectivity index (χ4v) is 2.40. The van der Waals surface area contributed by atoms with Crippen molar-refractivity contribution < 1.29 is 19.1 Å². The molecule has 1 unspecified atom stereocenters. The van der Waals surface area contributed by atoms with E-state index in [-0.39, 0.29) is 36.8 Å². The van der Waals surface area contributed by atoms with Crippen LogP contribution in [0.15, 0.2) is 0 Å². The Morgan fingerprint density at radius 3 is 2.57 bits per heavy atom. The minimum absolute atomic E-state index is 0.0768. The van der Waals surface area contributed by atoms with Crippen LogP contribution in [0.25, 0.3) is 0 Å². The lowest BCUT2D eigenvalue weighted by Crippen LogP contribution is -2.48. The monoisotopic (exact) mass is 299 g/mol. The molecule has 1 rings (SSSR count). The number of hydrogen-bond donors (Lipinski definition) is 1. The number of nitrogens with two attached hydrogens (primary N) is 1. The average molecular weight is 299 g/mol. The van der Waals surface area contributed by atoms with Gasteiger partial charge in [-0.2, -0.15) is 0 Å². The predicted octanol–water partition coefficient (Wildman–Crippen LogP) is -0.405. The lowest BCUT2D eigenvalue weighted by Gasteiger charge is -2.32. The molecule has 1 aliphatic heterocycles. The van der Waals surface area contributed by atoms with E-state index >= 15 is 0 Å². The summed E-state index contributed by atoms with van der Waals surface area (Å²) in [5, 5.41) is 0. The van der Waals surface area contributed by atoms with Crippen molar-refractivity contribution in [2.45, 2.75) is 26.7 Å². The van der Waals surface area contributed by atoms with Gasteiger partial charge in [-0.05, 0) is 26.3 Å². The highest BCUT2D eigenvalue weighted by molar-refractivity contribution is 5.81. The number of likely N-dealkylation sites (N-methyl/N-ethyl adjacent to an activating group) is 1. The van der Waals surface area contributed by atoms with Crippen molar-refractivity contribution in [3.63, 3.8) is 0 Å². The normalized spacial score (nSPS) is 18.6. The zero-order chi connectivity index (χ0) is 15.8. The van der Waals surface area contributed by atoms with Crippen LogP contribution in [-0.4, -0.2) is 66.9 Å². The van der Waals surface area contributed by atoms with Crippen molar-refractivity contribution in [3.8, 4) is 0 Å². The fourth-order valence-electron chi connectivity index (χ4n) is 2.40. The first-order valence-corrected chi connectivity index (χ1v) is 7.43. The zero-order valence-electron chi connectivity index (χ0n) is 12.8. The molecule has 0 aromatic carbocycles. The Bertz CT molecular complexity index is 386. The molecule has 0 aliphatic carbocycles. The number of primary amides is 1. The first kappa shape index (κ1) is 17.4. The summed E-state index contributed by atoms with van der Waals surface area (Å²) in [6.45, 7) is 5.81. The van der Waals surface area contributed by atoms with Crippen LogP contribution in [0.1, 0.15) is 26.7 Å². The molecule has 7 nitrogen and oxygen atoms in total.